The van der Waals surface area contributed by atoms with E-state index < -0.39 is 16.7 Å². The van der Waals surface area contributed by atoms with E-state index in [-0.39, 0.29) is 6.61 Å². The van der Waals surface area contributed by atoms with E-state index in [0.717, 1.165) is 0 Å². The van der Waals surface area contributed by atoms with Gasteiger partial charge in [-0.05, 0) is 31.9 Å². The molecule has 0 aromatic heterocycles. The third-order valence-corrected chi connectivity index (χ3v) is 4.90. The monoisotopic (exact) mass is 340 g/mol. The van der Waals surface area contributed by atoms with Crippen molar-refractivity contribution >= 4 is 39.7 Å². The minimum Gasteiger partial charge on any atom is -0.396 e. The number of halogens is 2. The average molecular weight is 342 g/mol. The summed E-state index contributed by atoms with van der Waals surface area (Å²) >= 11 is 5.88. The zero-order chi connectivity index (χ0) is 10.9. The number of hydrogen-bond donors (Lipinski definition) is 3. The van der Waals surface area contributed by atoms with E-state index in [1.165, 1.54) is 0 Å². The Balaban J connectivity index is 4.68. The molecule has 5 nitrogen and oxygen atoms in total. The van der Waals surface area contributed by atoms with Crippen molar-refractivity contribution in [1.29, 1.82) is 0 Å². The van der Waals surface area contributed by atoms with Crippen LogP contribution in [-0.4, -0.2) is 24.9 Å². The Hall–Kier alpha value is 1.03. The molecule has 80 valence electrons. The normalized spacial score (nSPS) is 14.7. The molecule has 0 atom stereocenters. The summed E-state index contributed by atoms with van der Waals surface area (Å²) in [5.41, 5.74) is -0.881. The fraction of sp³-hybridized carbons (Fsp3) is 1.00. The number of hydrogen-bond acceptors (Lipinski definition) is 3. The van der Waals surface area contributed by atoms with E-state index in [9.17, 15) is 4.57 Å². The molecule has 0 saturated carbocycles. The average Bonchev–Trinajstić information content (AvgIpc) is 1.81. The van der Waals surface area contributed by atoms with Crippen molar-refractivity contribution in [1.82, 2.24) is 0 Å². The second-order valence-electron chi connectivity index (χ2n) is 3.14. The molecule has 0 bridgehead atoms. The maximum absolute atomic E-state index is 10.5. The van der Waals surface area contributed by atoms with Crippen LogP contribution in [0.1, 0.15) is 13.8 Å². The first-order valence-electron chi connectivity index (χ1n) is 3.27. The van der Waals surface area contributed by atoms with Crippen molar-refractivity contribution in [3.05, 3.63) is 0 Å². The molecule has 0 fully saturated rings. The highest BCUT2D eigenvalue weighted by atomic mass is 79.9. The molecule has 0 aliphatic rings. The number of aliphatic hydroxyl groups excluding tert-OH is 1. The van der Waals surface area contributed by atoms with Crippen LogP contribution in [0.15, 0.2) is 0 Å². The molecule has 0 aromatic carbocycles. The van der Waals surface area contributed by atoms with Gasteiger partial charge in [-0.2, -0.15) is 0 Å². The van der Waals surface area contributed by atoms with Crippen molar-refractivity contribution in [3.63, 3.8) is 0 Å². The van der Waals surface area contributed by atoms with Crippen molar-refractivity contribution in [2.75, 3.05) is 6.61 Å². The molecule has 13 heavy (non-hydrogen) atoms. The molecule has 8 heteroatoms. The maximum atomic E-state index is 10.5. The lowest BCUT2D eigenvalue weighted by Gasteiger charge is -2.35. The van der Waals surface area contributed by atoms with Crippen LogP contribution in [0.4, 0.5) is 0 Å². The zero-order valence-electron chi connectivity index (χ0n) is 7.07. The Labute approximate surface area is 93.0 Å². The van der Waals surface area contributed by atoms with Gasteiger partial charge in [0.15, 0.2) is 3.42 Å². The summed E-state index contributed by atoms with van der Waals surface area (Å²) in [7, 11) is -4.60. The smallest absolute Gasteiger partial charge is 0.396 e. The van der Waals surface area contributed by atoms with Crippen LogP contribution in [0.2, 0.25) is 0 Å². The molecular formula is C5H11Br2O5P. The first-order chi connectivity index (χ1) is 5.52. The van der Waals surface area contributed by atoms with Crippen molar-refractivity contribution in [2.45, 2.75) is 17.3 Å². The first-order valence-corrected chi connectivity index (χ1v) is 6.38. The van der Waals surface area contributed by atoms with E-state index in [1.54, 1.807) is 13.8 Å². The molecule has 0 unspecified atom stereocenters. The van der Waals surface area contributed by atoms with Crippen LogP contribution in [0.25, 0.3) is 0 Å². The molecule has 0 spiro atoms. The molecule has 0 radical (unpaired) electrons. The fourth-order valence-corrected chi connectivity index (χ4v) is 2.29. The minimum atomic E-state index is -4.60. The number of aliphatic hydroxyl groups is 1. The third-order valence-electron chi connectivity index (χ3n) is 1.42. The van der Waals surface area contributed by atoms with Gasteiger partial charge in [0, 0.05) is 5.41 Å². The van der Waals surface area contributed by atoms with Gasteiger partial charge in [-0.25, -0.2) is 4.57 Å². The Bertz CT molecular complexity index is 223. The van der Waals surface area contributed by atoms with Gasteiger partial charge in [-0.15, -0.1) is 0 Å². The molecule has 3 N–H and O–H groups in total. The van der Waals surface area contributed by atoms with Crippen LogP contribution in [0.5, 0.6) is 0 Å². The van der Waals surface area contributed by atoms with Crippen LogP contribution >= 0.6 is 39.7 Å². The van der Waals surface area contributed by atoms with Gasteiger partial charge in [-0.3, -0.25) is 4.52 Å². The van der Waals surface area contributed by atoms with Crippen molar-refractivity contribution in [3.8, 4) is 0 Å². The minimum absolute atomic E-state index is 0.302. The second kappa shape index (κ2) is 4.26. The third kappa shape index (κ3) is 4.38. The standard InChI is InChI=1S/C5H11Br2O5P/c1-4(2,3-8)5(6,7)12-13(9,10)11/h8H,3H2,1-2H3,(H2,9,10,11). The molecule has 0 rings (SSSR count). The lowest BCUT2D eigenvalue weighted by atomic mass is 9.96. The summed E-state index contributed by atoms with van der Waals surface area (Å²) < 4.78 is 13.5. The predicted octanol–water partition coefficient (Wildman–Crippen LogP) is 1.56. The van der Waals surface area contributed by atoms with Gasteiger partial charge < -0.3 is 14.9 Å². The van der Waals surface area contributed by atoms with Crippen molar-refractivity contribution < 1.29 is 24.0 Å². The maximum Gasteiger partial charge on any atom is 0.471 e. The largest absolute Gasteiger partial charge is 0.471 e. The summed E-state index contributed by atoms with van der Waals surface area (Å²) in [5.74, 6) is 0. The molecule has 0 heterocycles. The van der Waals surface area contributed by atoms with Gasteiger partial charge in [0.2, 0.25) is 0 Å². The molecule has 0 aromatic rings. The van der Waals surface area contributed by atoms with Crippen LogP contribution < -0.4 is 0 Å². The predicted molar refractivity (Wildman–Crippen MR) is 54.6 cm³/mol. The van der Waals surface area contributed by atoms with Crippen LogP contribution in [-0.2, 0) is 9.09 Å². The number of alkyl halides is 2. The summed E-state index contributed by atoms with van der Waals surface area (Å²) in [4.78, 5) is 17.1. The molecule has 0 aliphatic carbocycles. The number of phosphoric acid groups is 1. The highest BCUT2D eigenvalue weighted by Gasteiger charge is 2.46. The summed E-state index contributed by atoms with van der Waals surface area (Å²) in [6, 6.07) is 0. The highest BCUT2D eigenvalue weighted by molar-refractivity contribution is 9.25. The molecule has 0 aliphatic heterocycles. The zero-order valence-corrected chi connectivity index (χ0v) is 11.1. The van der Waals surface area contributed by atoms with E-state index in [4.69, 9.17) is 14.9 Å². The number of phosphoric ester groups is 1. The second-order valence-corrected chi connectivity index (χ2v) is 7.60. The van der Waals surface area contributed by atoms with Gasteiger partial charge in [-0.1, -0.05) is 13.8 Å². The highest BCUT2D eigenvalue weighted by Crippen LogP contribution is 2.54. The molecule has 0 amide bonds. The van der Waals surface area contributed by atoms with E-state index >= 15 is 0 Å². The Morgan fingerprint density at radius 1 is 1.38 bits per heavy atom. The molecular weight excluding hydrogens is 331 g/mol. The number of rotatable bonds is 4. The van der Waals surface area contributed by atoms with Gasteiger partial charge in [0.1, 0.15) is 0 Å². The first kappa shape index (κ1) is 14.0. The topological polar surface area (TPSA) is 87.0 Å². The van der Waals surface area contributed by atoms with E-state index in [1.807, 2.05) is 0 Å². The lowest BCUT2D eigenvalue weighted by molar-refractivity contribution is 0.0453. The van der Waals surface area contributed by atoms with Gasteiger partial charge in [0.25, 0.3) is 0 Å². The fourth-order valence-electron chi connectivity index (χ4n) is 0.365. The van der Waals surface area contributed by atoms with Crippen LogP contribution in [0.3, 0.4) is 0 Å². The van der Waals surface area contributed by atoms with Gasteiger partial charge in [0.05, 0.1) is 6.61 Å². The van der Waals surface area contributed by atoms with Gasteiger partial charge >= 0.3 is 7.82 Å². The molecule has 0 saturated heterocycles. The Morgan fingerprint density at radius 3 is 2.00 bits per heavy atom. The van der Waals surface area contributed by atoms with E-state index in [0.29, 0.717) is 0 Å². The summed E-state index contributed by atoms with van der Waals surface area (Å²) in [6.45, 7) is 2.85. The SMILES string of the molecule is CC(C)(CO)C(Br)(Br)OP(=O)(O)O. The van der Waals surface area contributed by atoms with Crippen LogP contribution in [0, 0.1) is 5.41 Å². The van der Waals surface area contributed by atoms with Crippen molar-refractivity contribution in [2.24, 2.45) is 5.41 Å². The lowest BCUT2D eigenvalue weighted by Crippen LogP contribution is -2.38. The summed E-state index contributed by atoms with van der Waals surface area (Å²) in [5, 5.41) is 8.93. The van der Waals surface area contributed by atoms with E-state index in [2.05, 4.69) is 36.4 Å². The quantitative estimate of drug-likeness (QED) is 0.533. The Morgan fingerprint density at radius 2 is 1.77 bits per heavy atom. The Kier molecular flexibility index (Phi) is 4.60. The summed E-state index contributed by atoms with van der Waals surface area (Å²) in [6.07, 6.45) is 0.